The number of ether oxygens (including phenoxy) is 1. The van der Waals surface area contributed by atoms with Crippen molar-refractivity contribution in [3.8, 4) is 0 Å². The Morgan fingerprint density at radius 1 is 1.32 bits per heavy atom. The van der Waals surface area contributed by atoms with Crippen LogP contribution in [-0.2, 0) is 22.7 Å². The van der Waals surface area contributed by atoms with E-state index in [1.54, 1.807) is 19.2 Å². The van der Waals surface area contributed by atoms with Gasteiger partial charge in [-0.05, 0) is 11.1 Å². The highest BCUT2D eigenvalue weighted by molar-refractivity contribution is 5.77. The molecule has 0 saturated carbocycles. The molecular weight excluding hydrogens is 341 g/mol. The first-order valence-electron chi connectivity index (χ1n) is 7.61. The Morgan fingerprint density at radius 2 is 2.00 bits per heavy atom. The van der Waals surface area contributed by atoms with Crippen molar-refractivity contribution in [2.24, 2.45) is 11.8 Å². The Bertz CT molecular complexity index is 636. The molecule has 9 heteroatoms. The fourth-order valence-electron chi connectivity index (χ4n) is 2.84. The van der Waals surface area contributed by atoms with Crippen molar-refractivity contribution in [3.63, 3.8) is 0 Å². The third-order valence-electron chi connectivity index (χ3n) is 4.09. The van der Waals surface area contributed by atoms with Gasteiger partial charge in [0, 0.05) is 26.7 Å². The summed E-state index contributed by atoms with van der Waals surface area (Å²) in [6.45, 7) is -0.589. The van der Waals surface area contributed by atoms with E-state index in [0.29, 0.717) is 6.61 Å². The lowest BCUT2D eigenvalue weighted by atomic mass is 9.96. The van der Waals surface area contributed by atoms with Crippen LogP contribution in [0.2, 0.25) is 0 Å². The van der Waals surface area contributed by atoms with Crippen LogP contribution in [0.25, 0.3) is 0 Å². The van der Waals surface area contributed by atoms with E-state index < -0.39 is 43.1 Å². The van der Waals surface area contributed by atoms with Crippen LogP contribution in [0, 0.1) is 11.8 Å². The first-order chi connectivity index (χ1) is 11.7. The molecule has 2 N–H and O–H groups in total. The SMILES string of the molecule is COCc1cccc(CNC(=O)N2C[C@@H](C(F)(F)F)[C@H](C(=O)O)C2)c1. The summed E-state index contributed by atoms with van der Waals surface area (Å²) in [6, 6.07) is 6.50. The third kappa shape index (κ3) is 4.85. The maximum atomic E-state index is 12.9. The molecule has 1 aliphatic heterocycles. The molecule has 1 saturated heterocycles. The van der Waals surface area contributed by atoms with Gasteiger partial charge in [0.25, 0.3) is 0 Å². The van der Waals surface area contributed by atoms with Crippen LogP contribution in [0.5, 0.6) is 0 Å². The van der Waals surface area contributed by atoms with E-state index in [4.69, 9.17) is 9.84 Å². The lowest BCUT2D eigenvalue weighted by Gasteiger charge is -2.18. The molecule has 1 heterocycles. The molecule has 138 valence electrons. The zero-order valence-electron chi connectivity index (χ0n) is 13.5. The van der Waals surface area contributed by atoms with Crippen LogP contribution in [-0.4, -0.2) is 48.4 Å². The number of hydrogen-bond donors (Lipinski definition) is 2. The smallest absolute Gasteiger partial charge is 0.394 e. The zero-order valence-corrected chi connectivity index (χ0v) is 13.5. The van der Waals surface area contributed by atoms with Crippen LogP contribution in [0.3, 0.4) is 0 Å². The molecule has 2 atom stereocenters. The van der Waals surface area contributed by atoms with Crippen molar-refractivity contribution in [1.29, 1.82) is 0 Å². The number of carbonyl (C=O) groups is 2. The van der Waals surface area contributed by atoms with Crippen LogP contribution < -0.4 is 5.32 Å². The van der Waals surface area contributed by atoms with Crippen molar-refractivity contribution >= 4 is 12.0 Å². The van der Waals surface area contributed by atoms with E-state index in [1.807, 2.05) is 12.1 Å². The predicted octanol–water partition coefficient (Wildman–Crippen LogP) is 2.24. The van der Waals surface area contributed by atoms with E-state index >= 15 is 0 Å². The summed E-state index contributed by atoms with van der Waals surface area (Å²) >= 11 is 0. The first kappa shape index (κ1) is 19.0. The number of nitrogens with zero attached hydrogens (tertiary/aromatic N) is 1. The molecule has 0 spiro atoms. The minimum atomic E-state index is -4.66. The maximum absolute atomic E-state index is 12.9. The number of urea groups is 1. The lowest BCUT2D eigenvalue weighted by molar-refractivity contribution is -0.187. The topological polar surface area (TPSA) is 78.9 Å². The predicted molar refractivity (Wildman–Crippen MR) is 81.6 cm³/mol. The lowest BCUT2D eigenvalue weighted by Crippen LogP contribution is -2.39. The molecule has 25 heavy (non-hydrogen) atoms. The second-order valence-corrected chi connectivity index (χ2v) is 5.91. The van der Waals surface area contributed by atoms with Crippen molar-refractivity contribution in [3.05, 3.63) is 35.4 Å². The highest BCUT2D eigenvalue weighted by Crippen LogP contribution is 2.37. The van der Waals surface area contributed by atoms with Crippen LogP contribution in [0.4, 0.5) is 18.0 Å². The quantitative estimate of drug-likeness (QED) is 0.844. The molecule has 2 amide bonds. The van der Waals surface area contributed by atoms with Gasteiger partial charge in [0.2, 0.25) is 0 Å². The molecule has 0 unspecified atom stereocenters. The standard InChI is InChI=1S/C16H19F3N2O4/c1-25-9-11-4-2-3-10(5-11)6-20-15(24)21-7-12(14(22)23)13(8-21)16(17,18)19/h2-5,12-13H,6-9H2,1H3,(H,20,24)(H,22,23)/t12-,13-/m1/s1. The summed E-state index contributed by atoms with van der Waals surface area (Å²) in [5.41, 5.74) is 1.67. The number of aliphatic carboxylic acids is 1. The fourth-order valence-corrected chi connectivity index (χ4v) is 2.84. The van der Waals surface area contributed by atoms with Gasteiger partial charge in [-0.1, -0.05) is 24.3 Å². The van der Waals surface area contributed by atoms with Gasteiger partial charge in [0.1, 0.15) is 0 Å². The number of halogens is 3. The number of carboxylic acid groups (broad SMARTS) is 1. The second-order valence-electron chi connectivity index (χ2n) is 5.91. The third-order valence-corrected chi connectivity index (χ3v) is 4.09. The normalized spacial score (nSPS) is 20.6. The van der Waals surface area contributed by atoms with E-state index in [-0.39, 0.29) is 6.54 Å². The molecule has 1 fully saturated rings. The van der Waals surface area contributed by atoms with Gasteiger partial charge >= 0.3 is 18.2 Å². The second kappa shape index (κ2) is 7.73. The average Bonchev–Trinajstić information content (AvgIpc) is 2.99. The number of hydrogen-bond acceptors (Lipinski definition) is 3. The summed E-state index contributed by atoms with van der Waals surface area (Å²) in [5.74, 6) is -5.25. The Morgan fingerprint density at radius 3 is 2.56 bits per heavy atom. The van der Waals surface area contributed by atoms with Crippen molar-refractivity contribution in [1.82, 2.24) is 10.2 Å². The largest absolute Gasteiger partial charge is 0.481 e. The van der Waals surface area contributed by atoms with Gasteiger partial charge in [-0.3, -0.25) is 4.79 Å². The maximum Gasteiger partial charge on any atom is 0.394 e. The number of nitrogens with one attached hydrogen (secondary N) is 1. The molecule has 0 radical (unpaired) electrons. The Kier molecular flexibility index (Phi) is 5.89. The Labute approximate surface area is 142 Å². The number of likely N-dealkylation sites (tertiary alicyclic amines) is 1. The van der Waals surface area contributed by atoms with E-state index in [0.717, 1.165) is 16.0 Å². The average molecular weight is 360 g/mol. The first-order valence-corrected chi connectivity index (χ1v) is 7.61. The number of carboxylic acids is 1. The molecule has 6 nitrogen and oxygen atoms in total. The van der Waals surface area contributed by atoms with Gasteiger partial charge in [-0.15, -0.1) is 0 Å². The Hall–Kier alpha value is -2.29. The number of amides is 2. The summed E-state index contributed by atoms with van der Waals surface area (Å²) < 4.78 is 43.8. The van der Waals surface area contributed by atoms with Crippen molar-refractivity contribution < 1.29 is 32.6 Å². The van der Waals surface area contributed by atoms with Crippen molar-refractivity contribution in [2.75, 3.05) is 20.2 Å². The molecular formula is C16H19F3N2O4. The van der Waals surface area contributed by atoms with Gasteiger partial charge in [-0.25, -0.2) is 4.79 Å². The van der Waals surface area contributed by atoms with Gasteiger partial charge < -0.3 is 20.1 Å². The summed E-state index contributed by atoms with van der Waals surface area (Å²) in [5, 5.41) is 11.5. The Balaban J connectivity index is 1.97. The number of rotatable bonds is 5. The van der Waals surface area contributed by atoms with Gasteiger partial charge in [-0.2, -0.15) is 13.2 Å². The molecule has 1 aromatic rings. The monoisotopic (exact) mass is 360 g/mol. The van der Waals surface area contributed by atoms with Crippen LogP contribution >= 0.6 is 0 Å². The molecule has 0 aromatic heterocycles. The zero-order chi connectivity index (χ0) is 18.6. The van der Waals surface area contributed by atoms with Crippen molar-refractivity contribution in [2.45, 2.75) is 19.3 Å². The molecule has 0 aliphatic carbocycles. The number of benzene rings is 1. The van der Waals surface area contributed by atoms with E-state index in [2.05, 4.69) is 5.32 Å². The minimum Gasteiger partial charge on any atom is -0.481 e. The highest BCUT2D eigenvalue weighted by atomic mass is 19.4. The highest BCUT2D eigenvalue weighted by Gasteiger charge is 2.53. The molecule has 1 aliphatic rings. The fraction of sp³-hybridized carbons (Fsp3) is 0.500. The number of methoxy groups -OCH3 is 1. The van der Waals surface area contributed by atoms with Gasteiger partial charge in [0.15, 0.2) is 0 Å². The van der Waals surface area contributed by atoms with Crippen LogP contribution in [0.15, 0.2) is 24.3 Å². The molecule has 2 rings (SSSR count). The van der Waals surface area contributed by atoms with Gasteiger partial charge in [0.05, 0.1) is 18.4 Å². The summed E-state index contributed by atoms with van der Waals surface area (Å²) in [6.07, 6.45) is -4.66. The summed E-state index contributed by atoms with van der Waals surface area (Å²) in [4.78, 5) is 24.0. The van der Waals surface area contributed by atoms with E-state index in [1.165, 1.54) is 0 Å². The van der Waals surface area contributed by atoms with Crippen LogP contribution in [0.1, 0.15) is 11.1 Å². The minimum absolute atomic E-state index is 0.126. The number of carbonyl (C=O) groups excluding carboxylic acids is 1. The summed E-state index contributed by atoms with van der Waals surface area (Å²) in [7, 11) is 1.55. The molecule has 0 bridgehead atoms. The number of alkyl halides is 3. The molecule has 1 aromatic carbocycles. The van der Waals surface area contributed by atoms with E-state index in [9.17, 15) is 22.8 Å².